The number of amides is 3. The molecule has 0 radical (unpaired) electrons. The fraction of sp³-hybridized carbons (Fsp3) is 0.250. The fourth-order valence-electron chi connectivity index (χ4n) is 1.52. The van der Waals surface area contributed by atoms with Crippen LogP contribution in [0.4, 0.5) is 10.5 Å². The predicted octanol–water partition coefficient (Wildman–Crippen LogP) is 0.689. The van der Waals surface area contributed by atoms with Crippen molar-refractivity contribution in [3.05, 3.63) is 29.3 Å². The average molecular weight is 265 g/mol. The highest BCUT2D eigenvalue weighted by molar-refractivity contribution is 6.03. The fourth-order valence-corrected chi connectivity index (χ4v) is 1.52. The molecular weight excluding hydrogens is 250 g/mol. The quantitative estimate of drug-likeness (QED) is 0.639. The number of carbonyl (C=O) groups is 3. The molecule has 5 N–H and O–H groups in total. The molecule has 1 aromatic rings. The van der Waals surface area contributed by atoms with E-state index in [1.54, 1.807) is 19.1 Å². The van der Waals surface area contributed by atoms with Gasteiger partial charge in [-0.15, -0.1) is 0 Å². The lowest BCUT2D eigenvalue weighted by Gasteiger charge is -2.15. The Hall–Kier alpha value is -2.57. The van der Waals surface area contributed by atoms with E-state index in [1.165, 1.54) is 13.0 Å². The minimum absolute atomic E-state index is 0.0142. The zero-order valence-electron chi connectivity index (χ0n) is 10.6. The number of hydrogen-bond acceptors (Lipinski definition) is 3. The zero-order valence-corrected chi connectivity index (χ0v) is 10.6. The van der Waals surface area contributed by atoms with E-state index in [4.69, 9.17) is 10.8 Å². The smallest absolute Gasteiger partial charge is 0.337 e. The number of urea groups is 1. The van der Waals surface area contributed by atoms with Crippen LogP contribution in [0, 0.1) is 6.92 Å². The molecule has 7 heteroatoms. The van der Waals surface area contributed by atoms with Gasteiger partial charge in [-0.1, -0.05) is 12.1 Å². The van der Waals surface area contributed by atoms with Gasteiger partial charge in [-0.25, -0.2) is 9.59 Å². The summed E-state index contributed by atoms with van der Waals surface area (Å²) in [5.74, 6) is -1.69. The topological polar surface area (TPSA) is 122 Å². The summed E-state index contributed by atoms with van der Waals surface area (Å²) in [6.45, 7) is 3.12. The number of aromatic carboxylic acids is 1. The Morgan fingerprint density at radius 3 is 2.47 bits per heavy atom. The van der Waals surface area contributed by atoms with E-state index in [0.29, 0.717) is 5.56 Å². The van der Waals surface area contributed by atoms with E-state index < -0.39 is 23.9 Å². The van der Waals surface area contributed by atoms with Crippen LogP contribution in [0.15, 0.2) is 18.2 Å². The third-order valence-corrected chi connectivity index (χ3v) is 2.50. The van der Waals surface area contributed by atoms with Crippen LogP contribution in [-0.2, 0) is 4.79 Å². The molecule has 1 unspecified atom stereocenters. The van der Waals surface area contributed by atoms with E-state index in [-0.39, 0.29) is 11.3 Å². The normalized spacial score (nSPS) is 11.5. The number of hydrogen-bond donors (Lipinski definition) is 4. The van der Waals surface area contributed by atoms with Gasteiger partial charge in [0.1, 0.15) is 6.04 Å². The number of para-hydroxylation sites is 1. The van der Waals surface area contributed by atoms with E-state index in [9.17, 15) is 14.4 Å². The number of anilines is 1. The van der Waals surface area contributed by atoms with E-state index in [1.807, 2.05) is 0 Å². The van der Waals surface area contributed by atoms with Crippen LogP contribution in [-0.4, -0.2) is 29.1 Å². The second kappa shape index (κ2) is 5.85. The van der Waals surface area contributed by atoms with E-state index in [0.717, 1.165) is 0 Å². The summed E-state index contributed by atoms with van der Waals surface area (Å²) in [7, 11) is 0. The first kappa shape index (κ1) is 14.5. The number of carboxylic acid groups (broad SMARTS) is 1. The van der Waals surface area contributed by atoms with Crippen LogP contribution in [0.3, 0.4) is 0 Å². The van der Waals surface area contributed by atoms with Crippen molar-refractivity contribution < 1.29 is 19.5 Å². The van der Waals surface area contributed by atoms with Crippen LogP contribution in [0.2, 0.25) is 0 Å². The summed E-state index contributed by atoms with van der Waals surface area (Å²) in [6, 6.07) is 2.95. The number of nitrogens with two attached hydrogens (primary N) is 1. The molecule has 0 aliphatic heterocycles. The molecule has 19 heavy (non-hydrogen) atoms. The highest BCUT2D eigenvalue weighted by atomic mass is 16.4. The lowest BCUT2D eigenvalue weighted by Crippen LogP contribution is -2.44. The number of primary amides is 1. The van der Waals surface area contributed by atoms with Crippen molar-refractivity contribution in [1.82, 2.24) is 5.32 Å². The standard InChI is InChI=1S/C12H15N3O4/c1-6-4-3-5-8(11(17)18)9(6)15-10(16)7(2)14-12(13)19/h3-5,7H,1-2H3,(H,15,16)(H,17,18)(H3,13,14,19). The van der Waals surface area contributed by atoms with Gasteiger partial charge in [0.05, 0.1) is 11.3 Å². The van der Waals surface area contributed by atoms with Crippen LogP contribution in [0.1, 0.15) is 22.8 Å². The van der Waals surface area contributed by atoms with Crippen LogP contribution in [0.25, 0.3) is 0 Å². The van der Waals surface area contributed by atoms with Gasteiger partial charge in [0, 0.05) is 0 Å². The van der Waals surface area contributed by atoms with Crippen LogP contribution < -0.4 is 16.4 Å². The SMILES string of the molecule is Cc1cccc(C(=O)O)c1NC(=O)C(C)NC(N)=O. The summed E-state index contributed by atoms with van der Waals surface area (Å²) in [5.41, 5.74) is 5.71. The molecule has 0 spiro atoms. The molecule has 0 aliphatic carbocycles. The molecule has 102 valence electrons. The van der Waals surface area contributed by atoms with E-state index in [2.05, 4.69) is 10.6 Å². The monoisotopic (exact) mass is 265 g/mol. The van der Waals surface area contributed by atoms with Gasteiger partial charge in [-0.3, -0.25) is 4.79 Å². The van der Waals surface area contributed by atoms with Gasteiger partial charge in [0.25, 0.3) is 0 Å². The summed E-state index contributed by atoms with van der Waals surface area (Å²) < 4.78 is 0. The molecule has 0 saturated heterocycles. The molecule has 1 aromatic carbocycles. The van der Waals surface area contributed by atoms with E-state index >= 15 is 0 Å². The first-order valence-corrected chi connectivity index (χ1v) is 5.52. The number of aryl methyl sites for hydroxylation is 1. The van der Waals surface area contributed by atoms with Crippen molar-refractivity contribution in [2.45, 2.75) is 19.9 Å². The molecule has 0 bridgehead atoms. The number of benzene rings is 1. The first-order valence-electron chi connectivity index (χ1n) is 5.52. The molecule has 7 nitrogen and oxygen atoms in total. The molecule has 3 amide bonds. The molecule has 0 aliphatic rings. The molecule has 1 atom stereocenters. The van der Waals surface area contributed by atoms with Gasteiger partial charge >= 0.3 is 12.0 Å². The molecule has 0 fully saturated rings. The summed E-state index contributed by atoms with van der Waals surface area (Å²) in [6.07, 6.45) is 0. The molecule has 0 heterocycles. The Bertz CT molecular complexity index is 528. The Kier molecular flexibility index (Phi) is 4.46. The number of carboxylic acids is 1. The van der Waals surface area contributed by atoms with Gasteiger partial charge < -0.3 is 21.5 Å². The predicted molar refractivity (Wildman–Crippen MR) is 68.9 cm³/mol. The van der Waals surface area contributed by atoms with Gasteiger partial charge in [-0.05, 0) is 25.5 Å². The second-order valence-electron chi connectivity index (χ2n) is 4.02. The average Bonchev–Trinajstić information content (AvgIpc) is 2.30. The zero-order chi connectivity index (χ0) is 14.6. The Morgan fingerprint density at radius 2 is 1.95 bits per heavy atom. The summed E-state index contributed by atoms with van der Waals surface area (Å²) >= 11 is 0. The number of nitrogens with one attached hydrogen (secondary N) is 2. The van der Waals surface area contributed by atoms with Crippen molar-refractivity contribution >= 4 is 23.6 Å². The van der Waals surface area contributed by atoms with Crippen molar-refractivity contribution in [3.63, 3.8) is 0 Å². The highest BCUT2D eigenvalue weighted by Crippen LogP contribution is 2.20. The third-order valence-electron chi connectivity index (χ3n) is 2.50. The van der Waals surface area contributed by atoms with Crippen molar-refractivity contribution in [2.24, 2.45) is 5.73 Å². The van der Waals surface area contributed by atoms with Crippen molar-refractivity contribution in [2.75, 3.05) is 5.32 Å². The van der Waals surface area contributed by atoms with Crippen molar-refractivity contribution in [3.8, 4) is 0 Å². The first-order chi connectivity index (χ1) is 8.82. The molecular formula is C12H15N3O4. The maximum Gasteiger partial charge on any atom is 0.337 e. The molecule has 0 saturated carbocycles. The summed E-state index contributed by atoms with van der Waals surface area (Å²) in [5, 5.41) is 13.7. The Labute approximate surface area is 109 Å². The number of rotatable bonds is 4. The summed E-state index contributed by atoms with van der Waals surface area (Å²) in [4.78, 5) is 33.5. The molecule has 0 aromatic heterocycles. The minimum Gasteiger partial charge on any atom is -0.478 e. The van der Waals surface area contributed by atoms with Gasteiger partial charge in [-0.2, -0.15) is 0 Å². The van der Waals surface area contributed by atoms with Crippen molar-refractivity contribution in [1.29, 1.82) is 0 Å². The van der Waals surface area contributed by atoms with Gasteiger partial charge in [0.2, 0.25) is 5.91 Å². The van der Waals surface area contributed by atoms with Crippen LogP contribution in [0.5, 0.6) is 0 Å². The second-order valence-corrected chi connectivity index (χ2v) is 4.02. The third kappa shape index (κ3) is 3.70. The maximum atomic E-state index is 11.8. The van der Waals surface area contributed by atoms with Gasteiger partial charge in [0.15, 0.2) is 0 Å². The number of carbonyl (C=O) groups excluding carboxylic acids is 2. The Morgan fingerprint density at radius 1 is 1.32 bits per heavy atom. The lowest BCUT2D eigenvalue weighted by molar-refractivity contribution is -0.117. The largest absolute Gasteiger partial charge is 0.478 e. The lowest BCUT2D eigenvalue weighted by atomic mass is 10.1. The van der Waals surface area contributed by atoms with Crippen LogP contribution >= 0.6 is 0 Å². The Balaban J connectivity index is 2.96. The maximum absolute atomic E-state index is 11.8. The highest BCUT2D eigenvalue weighted by Gasteiger charge is 2.18. The minimum atomic E-state index is -1.14. The molecule has 1 rings (SSSR count).